The molecule has 6 heteroatoms. The molecule has 146 valence electrons. The van der Waals surface area contributed by atoms with Crippen LogP contribution >= 0.6 is 11.3 Å². The maximum absolute atomic E-state index is 13.4. The number of thiophene rings is 1. The summed E-state index contributed by atoms with van der Waals surface area (Å²) in [6.45, 7) is 0. The lowest BCUT2D eigenvalue weighted by Gasteiger charge is -2.34. The third kappa shape index (κ3) is 3.61. The zero-order chi connectivity index (χ0) is 19.5. The lowest BCUT2D eigenvalue weighted by molar-refractivity contribution is -0.123. The molecule has 2 fully saturated rings. The number of carbonyl (C=O) groups excluding carboxylic acids is 3. The van der Waals surface area contributed by atoms with Gasteiger partial charge in [0.05, 0.1) is 17.0 Å². The summed E-state index contributed by atoms with van der Waals surface area (Å²) >= 11 is 1.39. The first-order valence-corrected chi connectivity index (χ1v) is 10.8. The van der Waals surface area contributed by atoms with Gasteiger partial charge in [-0.05, 0) is 36.4 Å². The lowest BCUT2D eigenvalue weighted by Crippen LogP contribution is -2.50. The van der Waals surface area contributed by atoms with Crippen molar-refractivity contribution in [3.63, 3.8) is 0 Å². The van der Waals surface area contributed by atoms with Crippen LogP contribution in [0.15, 0.2) is 47.8 Å². The number of benzene rings is 1. The summed E-state index contributed by atoms with van der Waals surface area (Å²) in [5.41, 5.74) is 0.574. The van der Waals surface area contributed by atoms with E-state index in [9.17, 15) is 14.4 Å². The molecule has 5 nitrogen and oxygen atoms in total. The average Bonchev–Trinajstić information content (AvgIpc) is 3.24. The molecule has 0 N–H and O–H groups in total. The van der Waals surface area contributed by atoms with E-state index in [0.717, 1.165) is 38.5 Å². The highest BCUT2D eigenvalue weighted by molar-refractivity contribution is 7.12. The van der Waals surface area contributed by atoms with E-state index in [1.165, 1.54) is 16.2 Å². The largest absolute Gasteiger partial charge is 0.322 e. The Bertz CT molecular complexity index is 842. The standard InChI is InChI=1S/C22H24N2O3S/c25-20-15-18(21(26)24(20)17-11-6-3-7-12-17)23(16-9-4-1-2-5-10-16)22(27)19-13-8-14-28-19/h3,6-8,11-14,16,18H,1-2,4-5,9-10,15H2. The minimum Gasteiger partial charge on any atom is -0.322 e. The van der Waals surface area contributed by atoms with Gasteiger partial charge in [-0.15, -0.1) is 11.3 Å². The molecule has 1 aromatic carbocycles. The minimum absolute atomic E-state index is 0.00886. The van der Waals surface area contributed by atoms with Crippen LogP contribution in [0.25, 0.3) is 0 Å². The average molecular weight is 397 g/mol. The van der Waals surface area contributed by atoms with E-state index in [4.69, 9.17) is 0 Å². The highest BCUT2D eigenvalue weighted by Gasteiger charge is 2.46. The van der Waals surface area contributed by atoms with Gasteiger partial charge in [0.15, 0.2) is 0 Å². The van der Waals surface area contributed by atoms with Gasteiger partial charge in [0.25, 0.3) is 11.8 Å². The van der Waals surface area contributed by atoms with E-state index < -0.39 is 6.04 Å². The number of hydrogen-bond donors (Lipinski definition) is 0. The van der Waals surface area contributed by atoms with Crippen molar-refractivity contribution in [1.29, 1.82) is 0 Å². The molecule has 1 unspecified atom stereocenters. The number of carbonyl (C=O) groups is 3. The molecule has 1 aliphatic carbocycles. The predicted octanol–water partition coefficient (Wildman–Crippen LogP) is 4.25. The maximum Gasteiger partial charge on any atom is 0.264 e. The molecule has 1 saturated carbocycles. The van der Waals surface area contributed by atoms with E-state index in [-0.39, 0.29) is 30.2 Å². The SMILES string of the molecule is O=C1CC(N(C(=O)c2cccs2)C2CCCCCC2)C(=O)N1c1ccccc1. The predicted molar refractivity (Wildman–Crippen MR) is 109 cm³/mol. The number of nitrogens with zero attached hydrogens (tertiary/aromatic N) is 2. The van der Waals surface area contributed by atoms with Crippen molar-refractivity contribution in [2.24, 2.45) is 0 Å². The molecular weight excluding hydrogens is 372 g/mol. The Kier molecular flexibility index (Phi) is 5.57. The second kappa shape index (κ2) is 8.27. The van der Waals surface area contributed by atoms with Gasteiger partial charge in [-0.2, -0.15) is 0 Å². The molecule has 2 heterocycles. The Balaban J connectivity index is 1.67. The van der Waals surface area contributed by atoms with Gasteiger partial charge in [0.1, 0.15) is 6.04 Å². The van der Waals surface area contributed by atoms with Crippen molar-refractivity contribution >= 4 is 34.7 Å². The van der Waals surface area contributed by atoms with Gasteiger partial charge in [-0.3, -0.25) is 14.4 Å². The Morgan fingerprint density at radius 2 is 1.68 bits per heavy atom. The quantitative estimate of drug-likeness (QED) is 0.574. The molecule has 3 amide bonds. The monoisotopic (exact) mass is 396 g/mol. The van der Waals surface area contributed by atoms with Gasteiger partial charge in [0, 0.05) is 6.04 Å². The zero-order valence-electron chi connectivity index (χ0n) is 15.8. The van der Waals surface area contributed by atoms with Gasteiger partial charge in [-0.1, -0.05) is 49.9 Å². The third-order valence-corrected chi connectivity index (χ3v) is 6.52. The molecule has 4 rings (SSSR count). The minimum atomic E-state index is -0.717. The first kappa shape index (κ1) is 18.9. The molecular formula is C22H24N2O3S. The summed E-state index contributed by atoms with van der Waals surface area (Å²) in [6.07, 6.45) is 6.25. The van der Waals surface area contributed by atoms with Gasteiger partial charge >= 0.3 is 0 Å². The summed E-state index contributed by atoms with van der Waals surface area (Å²) in [5.74, 6) is -0.646. The first-order valence-electron chi connectivity index (χ1n) is 9.95. The molecule has 2 aromatic rings. The van der Waals surface area contributed by atoms with Crippen molar-refractivity contribution in [2.45, 2.75) is 57.0 Å². The normalized spacial score (nSPS) is 21.0. The van der Waals surface area contributed by atoms with Crippen molar-refractivity contribution < 1.29 is 14.4 Å². The van der Waals surface area contributed by atoms with E-state index in [2.05, 4.69) is 0 Å². The number of imide groups is 1. The molecule has 1 aromatic heterocycles. The fourth-order valence-electron chi connectivity index (χ4n) is 4.31. The lowest BCUT2D eigenvalue weighted by atomic mass is 10.0. The fraction of sp³-hybridized carbons (Fsp3) is 0.409. The van der Waals surface area contributed by atoms with Crippen molar-refractivity contribution in [3.05, 3.63) is 52.7 Å². The van der Waals surface area contributed by atoms with E-state index in [1.807, 2.05) is 29.6 Å². The summed E-state index contributed by atoms with van der Waals surface area (Å²) in [6, 6.07) is 11.9. The van der Waals surface area contributed by atoms with Gasteiger partial charge < -0.3 is 4.90 Å². The second-order valence-corrected chi connectivity index (χ2v) is 8.41. The number of hydrogen-bond acceptors (Lipinski definition) is 4. The van der Waals surface area contributed by atoms with Crippen LogP contribution in [-0.2, 0) is 9.59 Å². The Morgan fingerprint density at radius 1 is 0.964 bits per heavy atom. The number of amides is 3. The summed E-state index contributed by atoms with van der Waals surface area (Å²) in [7, 11) is 0. The molecule has 0 radical (unpaired) electrons. The summed E-state index contributed by atoms with van der Waals surface area (Å²) < 4.78 is 0. The summed E-state index contributed by atoms with van der Waals surface area (Å²) in [4.78, 5) is 43.0. The number of rotatable bonds is 4. The van der Waals surface area contributed by atoms with Crippen LogP contribution in [0.2, 0.25) is 0 Å². The van der Waals surface area contributed by atoms with E-state index in [1.54, 1.807) is 23.1 Å². The van der Waals surface area contributed by atoms with Crippen LogP contribution in [0.1, 0.15) is 54.6 Å². The Hall–Kier alpha value is -2.47. The van der Waals surface area contributed by atoms with E-state index in [0.29, 0.717) is 10.6 Å². The molecule has 28 heavy (non-hydrogen) atoms. The Labute approximate surface area is 169 Å². The van der Waals surface area contributed by atoms with Crippen molar-refractivity contribution in [3.8, 4) is 0 Å². The molecule has 2 aliphatic rings. The van der Waals surface area contributed by atoms with E-state index >= 15 is 0 Å². The van der Waals surface area contributed by atoms with Crippen LogP contribution < -0.4 is 4.90 Å². The maximum atomic E-state index is 13.4. The third-order valence-electron chi connectivity index (χ3n) is 5.66. The number of anilines is 1. The molecule has 0 spiro atoms. The summed E-state index contributed by atoms with van der Waals surface area (Å²) in [5, 5.41) is 1.87. The highest BCUT2D eigenvalue weighted by atomic mass is 32.1. The van der Waals surface area contributed by atoms with Crippen LogP contribution in [0.4, 0.5) is 5.69 Å². The van der Waals surface area contributed by atoms with Crippen LogP contribution in [0.5, 0.6) is 0 Å². The van der Waals surface area contributed by atoms with Gasteiger partial charge in [-0.25, -0.2) is 4.90 Å². The van der Waals surface area contributed by atoms with Gasteiger partial charge in [0.2, 0.25) is 5.91 Å². The zero-order valence-corrected chi connectivity index (χ0v) is 16.6. The van der Waals surface area contributed by atoms with Crippen LogP contribution in [-0.4, -0.2) is 34.7 Å². The fourth-order valence-corrected chi connectivity index (χ4v) is 4.97. The number of para-hydroxylation sites is 1. The van der Waals surface area contributed by atoms with Crippen LogP contribution in [0, 0.1) is 0 Å². The first-order chi connectivity index (χ1) is 13.7. The molecule has 0 bridgehead atoms. The molecule has 1 aliphatic heterocycles. The van der Waals surface area contributed by atoms with Crippen molar-refractivity contribution in [1.82, 2.24) is 4.90 Å². The molecule has 1 saturated heterocycles. The topological polar surface area (TPSA) is 57.7 Å². The highest BCUT2D eigenvalue weighted by Crippen LogP contribution is 2.32. The molecule has 1 atom stereocenters. The van der Waals surface area contributed by atoms with Crippen molar-refractivity contribution in [2.75, 3.05) is 4.90 Å². The second-order valence-electron chi connectivity index (χ2n) is 7.46. The Morgan fingerprint density at radius 3 is 2.32 bits per heavy atom. The van der Waals surface area contributed by atoms with Crippen LogP contribution in [0.3, 0.4) is 0 Å². The smallest absolute Gasteiger partial charge is 0.264 e.